The average Bonchev–Trinajstić information content (AvgIpc) is 3.13. The Morgan fingerprint density at radius 1 is 1.12 bits per heavy atom. The van der Waals surface area contributed by atoms with Crippen LogP contribution < -0.4 is 5.32 Å². The quantitative estimate of drug-likeness (QED) is 0.719. The van der Waals surface area contributed by atoms with Crippen molar-refractivity contribution in [2.45, 2.75) is 78.2 Å². The number of rotatable bonds is 4. The van der Waals surface area contributed by atoms with Crippen LogP contribution in [0.15, 0.2) is 12.4 Å². The zero-order valence-corrected chi connectivity index (χ0v) is 21.0. The van der Waals surface area contributed by atoms with Gasteiger partial charge < -0.3 is 29.2 Å². The first-order chi connectivity index (χ1) is 16.0. The molecule has 0 aromatic carbocycles. The number of hydrogen-bond donors (Lipinski definition) is 1. The number of pyridine rings is 1. The van der Waals surface area contributed by atoms with Gasteiger partial charge in [-0.1, -0.05) is 0 Å². The molecule has 0 unspecified atom stereocenters. The molecule has 4 rings (SSSR count). The number of likely N-dealkylation sites (tertiary alicyclic amines) is 2. The zero-order valence-electron chi connectivity index (χ0n) is 21.0. The molecule has 2 amide bonds. The molecular weight excluding hydrogens is 436 g/mol. The molecule has 0 radical (unpaired) electrons. The second kappa shape index (κ2) is 9.31. The second-order valence-electron chi connectivity index (χ2n) is 10.5. The van der Waals surface area contributed by atoms with Crippen LogP contribution in [-0.2, 0) is 9.47 Å². The number of nitrogens with one attached hydrogen (secondary N) is 1. The van der Waals surface area contributed by atoms with E-state index in [4.69, 9.17) is 9.47 Å². The molecule has 2 aliphatic heterocycles. The number of fused-ring (bicyclic) bond motifs is 1. The number of amides is 2. The molecule has 0 spiro atoms. The van der Waals surface area contributed by atoms with E-state index in [9.17, 15) is 9.59 Å². The van der Waals surface area contributed by atoms with Crippen LogP contribution >= 0.6 is 0 Å². The summed E-state index contributed by atoms with van der Waals surface area (Å²) in [6, 6.07) is 2.56. The van der Waals surface area contributed by atoms with Crippen molar-refractivity contribution in [3.63, 3.8) is 0 Å². The van der Waals surface area contributed by atoms with Crippen LogP contribution in [0, 0.1) is 6.92 Å². The highest BCUT2D eigenvalue weighted by Gasteiger charge is 2.37. The van der Waals surface area contributed by atoms with Gasteiger partial charge in [0.25, 0.3) is 0 Å². The van der Waals surface area contributed by atoms with E-state index >= 15 is 0 Å². The maximum atomic E-state index is 12.6. The zero-order chi connectivity index (χ0) is 24.6. The molecule has 0 atom stereocenters. The van der Waals surface area contributed by atoms with Gasteiger partial charge in [0.15, 0.2) is 5.65 Å². The van der Waals surface area contributed by atoms with Crippen LogP contribution in [-0.4, -0.2) is 80.4 Å². The number of carbonyl (C=O) groups excluding carboxylic acids is 2. The van der Waals surface area contributed by atoms with Crippen LogP contribution in [0.4, 0.5) is 15.3 Å². The highest BCUT2D eigenvalue weighted by molar-refractivity contribution is 5.86. The molecule has 2 aromatic heterocycles. The number of anilines is 1. The fraction of sp³-hybridized carbons (Fsp3) is 0.667. The summed E-state index contributed by atoms with van der Waals surface area (Å²) in [6.45, 7) is 13.7. The van der Waals surface area contributed by atoms with E-state index in [2.05, 4.69) is 33.7 Å². The minimum Gasteiger partial charge on any atom is -0.444 e. The fourth-order valence-corrected chi connectivity index (χ4v) is 4.25. The SMILES string of the molecule is Cc1cc(NC2CCN(C(=O)OC3CN(C(=O)OC(C)(C)C)C3)CC2)c2ncn(C(C)C)c2n1. The first-order valence-corrected chi connectivity index (χ1v) is 12.0. The van der Waals surface area contributed by atoms with E-state index in [1.54, 1.807) is 9.80 Å². The third-order valence-electron chi connectivity index (χ3n) is 6.09. The number of hydrogen-bond acceptors (Lipinski definition) is 7. The Morgan fingerprint density at radius 3 is 2.41 bits per heavy atom. The molecule has 2 saturated heterocycles. The van der Waals surface area contributed by atoms with Gasteiger partial charge in [0.1, 0.15) is 17.2 Å². The Hall–Kier alpha value is -3.04. The number of carbonyl (C=O) groups is 2. The van der Waals surface area contributed by atoms with Gasteiger partial charge in [0.05, 0.1) is 25.1 Å². The van der Waals surface area contributed by atoms with E-state index in [0.717, 1.165) is 35.4 Å². The predicted molar refractivity (Wildman–Crippen MR) is 129 cm³/mol. The maximum Gasteiger partial charge on any atom is 0.410 e. The molecule has 10 heteroatoms. The highest BCUT2D eigenvalue weighted by atomic mass is 16.6. The monoisotopic (exact) mass is 472 g/mol. The highest BCUT2D eigenvalue weighted by Crippen LogP contribution is 2.27. The summed E-state index contributed by atoms with van der Waals surface area (Å²) < 4.78 is 13.0. The van der Waals surface area contributed by atoms with Crippen molar-refractivity contribution in [3.05, 3.63) is 18.1 Å². The van der Waals surface area contributed by atoms with E-state index in [-0.39, 0.29) is 30.4 Å². The summed E-state index contributed by atoms with van der Waals surface area (Å²) in [4.78, 5) is 37.2. The van der Waals surface area contributed by atoms with Crippen LogP contribution in [0.1, 0.15) is 59.2 Å². The maximum absolute atomic E-state index is 12.6. The molecule has 0 bridgehead atoms. The number of aromatic nitrogens is 3. The number of piperidine rings is 1. The lowest BCUT2D eigenvalue weighted by atomic mass is 10.0. The van der Waals surface area contributed by atoms with Crippen molar-refractivity contribution in [1.29, 1.82) is 0 Å². The molecule has 1 N–H and O–H groups in total. The largest absolute Gasteiger partial charge is 0.444 e. The van der Waals surface area contributed by atoms with Gasteiger partial charge in [-0.15, -0.1) is 0 Å². The molecule has 2 aliphatic rings. The van der Waals surface area contributed by atoms with E-state index in [0.29, 0.717) is 26.2 Å². The Labute approximate surface area is 200 Å². The van der Waals surface area contributed by atoms with Crippen LogP contribution in [0.2, 0.25) is 0 Å². The van der Waals surface area contributed by atoms with Gasteiger partial charge in [-0.3, -0.25) is 0 Å². The lowest BCUT2D eigenvalue weighted by Gasteiger charge is -2.40. The predicted octanol–water partition coefficient (Wildman–Crippen LogP) is 3.95. The van der Waals surface area contributed by atoms with Gasteiger partial charge in [-0.05, 0) is 60.5 Å². The number of ether oxygens (including phenoxy) is 2. The first-order valence-electron chi connectivity index (χ1n) is 12.0. The van der Waals surface area contributed by atoms with E-state index < -0.39 is 5.60 Å². The Kier molecular flexibility index (Phi) is 6.60. The minimum atomic E-state index is -0.535. The topological polar surface area (TPSA) is 102 Å². The van der Waals surface area contributed by atoms with Gasteiger partial charge in [-0.2, -0.15) is 0 Å². The number of aryl methyl sites for hydroxylation is 1. The van der Waals surface area contributed by atoms with Crippen molar-refractivity contribution in [2.24, 2.45) is 0 Å². The minimum absolute atomic E-state index is 0.240. The first kappa shape index (κ1) is 24.1. The van der Waals surface area contributed by atoms with E-state index in [1.165, 1.54) is 0 Å². The van der Waals surface area contributed by atoms with Gasteiger partial charge in [-0.25, -0.2) is 19.6 Å². The molecule has 2 aromatic rings. The van der Waals surface area contributed by atoms with Crippen LogP contribution in [0.3, 0.4) is 0 Å². The standard InChI is InChI=1S/C24H36N6O4/c1-15(2)30-14-25-20-19(11-16(3)26-21(20)30)27-17-7-9-28(10-8-17)22(31)33-18-12-29(13-18)23(32)34-24(4,5)6/h11,14-15,17-18H,7-10,12-13H2,1-6H3,(H,26,27). The van der Waals surface area contributed by atoms with Crippen molar-refractivity contribution in [2.75, 3.05) is 31.5 Å². The van der Waals surface area contributed by atoms with Gasteiger partial charge in [0, 0.05) is 30.9 Å². The smallest absolute Gasteiger partial charge is 0.410 e. The van der Waals surface area contributed by atoms with Crippen molar-refractivity contribution in [1.82, 2.24) is 24.3 Å². The van der Waals surface area contributed by atoms with E-state index in [1.807, 2.05) is 40.1 Å². The molecule has 2 fully saturated rings. The third-order valence-corrected chi connectivity index (χ3v) is 6.09. The Bertz CT molecular complexity index is 1050. The number of imidazole rings is 1. The van der Waals surface area contributed by atoms with Crippen molar-refractivity contribution < 1.29 is 19.1 Å². The summed E-state index contributed by atoms with van der Waals surface area (Å²) in [7, 11) is 0. The summed E-state index contributed by atoms with van der Waals surface area (Å²) in [5, 5.41) is 3.62. The summed E-state index contributed by atoms with van der Waals surface area (Å²) in [6.07, 6.45) is 2.51. The lowest BCUT2D eigenvalue weighted by molar-refractivity contribution is -0.0446. The lowest BCUT2D eigenvalue weighted by Crippen LogP contribution is -2.57. The van der Waals surface area contributed by atoms with Gasteiger partial charge >= 0.3 is 12.2 Å². The molecule has 0 saturated carbocycles. The number of nitrogens with zero attached hydrogens (tertiary/aromatic N) is 5. The normalized spacial score (nSPS) is 17.7. The van der Waals surface area contributed by atoms with Crippen LogP contribution in [0.25, 0.3) is 11.2 Å². The van der Waals surface area contributed by atoms with Gasteiger partial charge in [0.2, 0.25) is 0 Å². The summed E-state index contributed by atoms with van der Waals surface area (Å²) in [5.74, 6) is 0. The van der Waals surface area contributed by atoms with Crippen LogP contribution in [0.5, 0.6) is 0 Å². The molecule has 186 valence electrons. The van der Waals surface area contributed by atoms with Crippen molar-refractivity contribution in [3.8, 4) is 0 Å². The molecule has 34 heavy (non-hydrogen) atoms. The molecule has 10 nitrogen and oxygen atoms in total. The van der Waals surface area contributed by atoms with Crippen molar-refractivity contribution >= 4 is 29.0 Å². The Morgan fingerprint density at radius 2 is 1.79 bits per heavy atom. The molecule has 0 aliphatic carbocycles. The second-order valence-corrected chi connectivity index (χ2v) is 10.5. The average molecular weight is 473 g/mol. The summed E-state index contributed by atoms with van der Waals surface area (Å²) >= 11 is 0. The molecular formula is C24H36N6O4. The summed E-state index contributed by atoms with van der Waals surface area (Å²) in [5.41, 5.74) is 3.16. The Balaban J connectivity index is 1.26. The molecule has 4 heterocycles. The third kappa shape index (κ3) is 5.37. The fourth-order valence-electron chi connectivity index (χ4n) is 4.25.